The van der Waals surface area contributed by atoms with Crippen LogP contribution in [0.2, 0.25) is 0 Å². The molecule has 0 bridgehead atoms. The lowest BCUT2D eigenvalue weighted by atomic mass is 10.1. The van der Waals surface area contributed by atoms with E-state index in [0.717, 1.165) is 12.8 Å². The Hall–Kier alpha value is -1.06. The molecule has 1 N–H and O–H groups in total. The number of carbonyl (C=O) groups is 2. The monoisotopic (exact) mass is 239 g/mol. The van der Waals surface area contributed by atoms with Crippen LogP contribution >= 0.6 is 0 Å². The Labute approximate surface area is 102 Å². The van der Waals surface area contributed by atoms with Crippen molar-refractivity contribution < 1.29 is 14.7 Å². The van der Waals surface area contributed by atoms with Crippen molar-refractivity contribution in [2.24, 2.45) is 11.8 Å². The first-order valence-electron chi connectivity index (χ1n) is 6.57. The summed E-state index contributed by atoms with van der Waals surface area (Å²) in [7, 11) is 0. The summed E-state index contributed by atoms with van der Waals surface area (Å²) in [6.45, 7) is 4.04. The van der Waals surface area contributed by atoms with E-state index in [1.54, 1.807) is 0 Å². The highest BCUT2D eigenvalue weighted by Crippen LogP contribution is 2.41. The third-order valence-corrected chi connectivity index (χ3v) is 3.95. The van der Waals surface area contributed by atoms with Gasteiger partial charge >= 0.3 is 5.97 Å². The zero-order valence-electron chi connectivity index (χ0n) is 10.6. The molecule has 96 valence electrons. The van der Waals surface area contributed by atoms with E-state index in [9.17, 15) is 9.59 Å². The first kappa shape index (κ1) is 12.4. The quantitative estimate of drug-likeness (QED) is 0.815. The van der Waals surface area contributed by atoms with Crippen molar-refractivity contribution in [2.75, 3.05) is 0 Å². The Morgan fingerprint density at radius 2 is 1.76 bits per heavy atom. The molecule has 2 aliphatic carbocycles. The fourth-order valence-electron chi connectivity index (χ4n) is 2.97. The van der Waals surface area contributed by atoms with Gasteiger partial charge in [0.2, 0.25) is 5.91 Å². The molecule has 0 spiro atoms. The number of hydrogen-bond acceptors (Lipinski definition) is 2. The predicted octanol–water partition coefficient (Wildman–Crippen LogP) is 1.89. The van der Waals surface area contributed by atoms with Crippen molar-refractivity contribution in [3.8, 4) is 0 Å². The minimum atomic E-state index is -0.821. The lowest BCUT2D eigenvalue weighted by molar-refractivity contribution is -0.143. The average molecular weight is 239 g/mol. The van der Waals surface area contributed by atoms with Gasteiger partial charge in [0.25, 0.3) is 0 Å². The van der Waals surface area contributed by atoms with Crippen LogP contribution in [0.3, 0.4) is 0 Å². The van der Waals surface area contributed by atoms with Crippen LogP contribution in [0.4, 0.5) is 0 Å². The Kier molecular flexibility index (Phi) is 3.40. The number of amides is 1. The van der Waals surface area contributed by atoms with Gasteiger partial charge in [0, 0.05) is 12.1 Å². The fraction of sp³-hybridized carbons (Fsp3) is 0.846. The first-order valence-corrected chi connectivity index (χ1v) is 6.57. The van der Waals surface area contributed by atoms with Gasteiger partial charge in [-0.15, -0.1) is 0 Å². The molecule has 0 aromatic rings. The van der Waals surface area contributed by atoms with Crippen LogP contribution in [-0.4, -0.2) is 34.0 Å². The molecule has 0 aromatic heterocycles. The lowest BCUT2D eigenvalue weighted by Gasteiger charge is -2.33. The third kappa shape index (κ3) is 2.45. The van der Waals surface area contributed by atoms with Crippen LogP contribution < -0.4 is 0 Å². The van der Waals surface area contributed by atoms with Gasteiger partial charge in [-0.2, -0.15) is 0 Å². The highest BCUT2D eigenvalue weighted by molar-refractivity contribution is 5.89. The average Bonchev–Trinajstić information content (AvgIpc) is 2.90. The van der Waals surface area contributed by atoms with E-state index < -0.39 is 11.9 Å². The molecule has 17 heavy (non-hydrogen) atoms. The molecule has 2 rings (SSSR count). The Bertz CT molecular complexity index is 321. The van der Waals surface area contributed by atoms with Gasteiger partial charge in [0.1, 0.15) is 0 Å². The molecule has 4 nitrogen and oxygen atoms in total. The van der Waals surface area contributed by atoms with Gasteiger partial charge in [-0.3, -0.25) is 9.59 Å². The second kappa shape index (κ2) is 4.67. The molecule has 2 fully saturated rings. The molecule has 0 aliphatic heterocycles. The van der Waals surface area contributed by atoms with Crippen LogP contribution in [0, 0.1) is 11.8 Å². The Balaban J connectivity index is 2.01. The largest absolute Gasteiger partial charge is 0.481 e. The van der Waals surface area contributed by atoms with Crippen LogP contribution in [0.5, 0.6) is 0 Å². The summed E-state index contributed by atoms with van der Waals surface area (Å²) in [5.74, 6) is -1.43. The van der Waals surface area contributed by atoms with Crippen LogP contribution in [0.15, 0.2) is 0 Å². The molecule has 2 unspecified atom stereocenters. The molecule has 2 aliphatic rings. The molecule has 0 aromatic carbocycles. The number of hydrogen-bond donors (Lipinski definition) is 1. The summed E-state index contributed by atoms with van der Waals surface area (Å²) >= 11 is 0. The second-order valence-corrected chi connectivity index (χ2v) is 5.56. The topological polar surface area (TPSA) is 57.6 Å². The van der Waals surface area contributed by atoms with E-state index in [1.807, 2.05) is 18.7 Å². The highest BCUT2D eigenvalue weighted by atomic mass is 16.4. The number of rotatable bonds is 4. The van der Waals surface area contributed by atoms with Crippen molar-refractivity contribution >= 4 is 11.9 Å². The molecule has 4 heteroatoms. The molecule has 2 atom stereocenters. The van der Waals surface area contributed by atoms with E-state index in [-0.39, 0.29) is 17.9 Å². The van der Waals surface area contributed by atoms with Crippen molar-refractivity contribution in [3.05, 3.63) is 0 Å². The SMILES string of the molecule is CC(C)N(C(=O)C1CC1C(=O)O)C1CCCC1. The maximum Gasteiger partial charge on any atom is 0.307 e. The number of aliphatic carboxylic acids is 1. The van der Waals surface area contributed by atoms with E-state index >= 15 is 0 Å². The minimum absolute atomic E-state index is 0.0688. The zero-order valence-corrected chi connectivity index (χ0v) is 10.6. The third-order valence-electron chi connectivity index (χ3n) is 3.95. The summed E-state index contributed by atoms with van der Waals surface area (Å²) in [5, 5.41) is 8.89. The molecule has 0 radical (unpaired) electrons. The Morgan fingerprint density at radius 3 is 2.18 bits per heavy atom. The van der Waals surface area contributed by atoms with Crippen molar-refractivity contribution in [3.63, 3.8) is 0 Å². The number of carboxylic acids is 1. The van der Waals surface area contributed by atoms with E-state index in [2.05, 4.69) is 0 Å². The maximum atomic E-state index is 12.3. The van der Waals surface area contributed by atoms with Crippen LogP contribution in [0.25, 0.3) is 0 Å². The summed E-state index contributed by atoms with van der Waals surface area (Å²) in [4.78, 5) is 25.1. The molecule has 0 saturated heterocycles. The summed E-state index contributed by atoms with van der Waals surface area (Å²) < 4.78 is 0. The normalized spacial score (nSPS) is 28.4. The number of carboxylic acid groups (broad SMARTS) is 1. The Morgan fingerprint density at radius 1 is 1.18 bits per heavy atom. The first-order chi connectivity index (χ1) is 8.02. The van der Waals surface area contributed by atoms with Gasteiger partial charge in [0.15, 0.2) is 0 Å². The van der Waals surface area contributed by atoms with E-state index in [4.69, 9.17) is 5.11 Å². The molecular formula is C13H21NO3. The van der Waals surface area contributed by atoms with Gasteiger partial charge in [-0.25, -0.2) is 0 Å². The fourth-order valence-corrected chi connectivity index (χ4v) is 2.97. The van der Waals surface area contributed by atoms with Gasteiger partial charge in [-0.05, 0) is 33.1 Å². The lowest BCUT2D eigenvalue weighted by Crippen LogP contribution is -2.44. The van der Waals surface area contributed by atoms with Crippen molar-refractivity contribution in [1.29, 1.82) is 0 Å². The second-order valence-electron chi connectivity index (χ2n) is 5.56. The summed E-state index contributed by atoms with van der Waals surface area (Å²) in [6, 6.07) is 0.526. The van der Waals surface area contributed by atoms with E-state index in [0.29, 0.717) is 12.5 Å². The zero-order chi connectivity index (χ0) is 12.6. The van der Waals surface area contributed by atoms with Crippen LogP contribution in [-0.2, 0) is 9.59 Å². The maximum absolute atomic E-state index is 12.3. The van der Waals surface area contributed by atoms with Gasteiger partial charge in [-0.1, -0.05) is 12.8 Å². The summed E-state index contributed by atoms with van der Waals surface area (Å²) in [6.07, 6.45) is 5.06. The van der Waals surface area contributed by atoms with Crippen LogP contribution in [0.1, 0.15) is 46.0 Å². The molecular weight excluding hydrogens is 218 g/mol. The number of nitrogens with zero attached hydrogens (tertiary/aromatic N) is 1. The predicted molar refractivity (Wildman–Crippen MR) is 63.5 cm³/mol. The minimum Gasteiger partial charge on any atom is -0.481 e. The smallest absolute Gasteiger partial charge is 0.307 e. The number of carbonyl (C=O) groups excluding carboxylic acids is 1. The van der Waals surface area contributed by atoms with Gasteiger partial charge in [0.05, 0.1) is 11.8 Å². The standard InChI is InChI=1S/C13H21NO3/c1-8(2)14(9-5-3-4-6-9)12(15)10-7-11(10)13(16)17/h8-11H,3-7H2,1-2H3,(H,16,17). The van der Waals surface area contributed by atoms with Crippen molar-refractivity contribution in [1.82, 2.24) is 4.90 Å². The van der Waals surface area contributed by atoms with Gasteiger partial charge < -0.3 is 10.0 Å². The molecule has 2 saturated carbocycles. The van der Waals surface area contributed by atoms with E-state index in [1.165, 1.54) is 12.8 Å². The summed E-state index contributed by atoms with van der Waals surface area (Å²) in [5.41, 5.74) is 0. The highest BCUT2D eigenvalue weighted by Gasteiger charge is 2.51. The molecule has 1 amide bonds. The van der Waals surface area contributed by atoms with Crippen molar-refractivity contribution in [2.45, 2.75) is 58.0 Å². The molecule has 0 heterocycles.